The van der Waals surface area contributed by atoms with Crippen LogP contribution in [-0.4, -0.2) is 24.3 Å². The van der Waals surface area contributed by atoms with Crippen molar-refractivity contribution in [3.05, 3.63) is 51.0 Å². The summed E-state index contributed by atoms with van der Waals surface area (Å²) in [4.78, 5) is 39.1. The lowest BCUT2D eigenvalue weighted by Gasteiger charge is -2.38. The average Bonchev–Trinajstić information content (AvgIpc) is 2.87. The fourth-order valence-electron chi connectivity index (χ4n) is 4.06. The van der Waals surface area contributed by atoms with Gasteiger partial charge in [-0.2, -0.15) is 0 Å². The molecule has 8 heteroatoms. The Bertz CT molecular complexity index is 965. The maximum atomic E-state index is 13.3. The van der Waals surface area contributed by atoms with Gasteiger partial charge in [0.1, 0.15) is 16.7 Å². The maximum absolute atomic E-state index is 13.3. The van der Waals surface area contributed by atoms with Gasteiger partial charge in [-0.1, -0.05) is 15.9 Å². The molecule has 3 N–H and O–H groups in total. The van der Waals surface area contributed by atoms with Crippen LogP contribution in [0.25, 0.3) is 0 Å². The number of anilines is 1. The molecule has 0 saturated heterocycles. The summed E-state index contributed by atoms with van der Waals surface area (Å²) in [6.45, 7) is 1.75. The van der Waals surface area contributed by atoms with E-state index < -0.39 is 17.3 Å². The summed E-state index contributed by atoms with van der Waals surface area (Å²) in [6, 6.07) is 5.21. The molecule has 27 heavy (non-hydrogen) atoms. The lowest BCUT2D eigenvalue weighted by Crippen LogP contribution is -2.49. The second-order valence-corrected chi connectivity index (χ2v) is 7.45. The van der Waals surface area contributed by atoms with Crippen molar-refractivity contribution in [2.24, 2.45) is 5.73 Å². The number of ether oxygens (including phenoxy) is 2. The second-order valence-electron chi connectivity index (χ2n) is 6.53. The molecule has 1 aliphatic carbocycles. The van der Waals surface area contributed by atoms with Gasteiger partial charge < -0.3 is 20.5 Å². The quantitative estimate of drug-likeness (QED) is 0.694. The van der Waals surface area contributed by atoms with Crippen LogP contribution in [-0.2, 0) is 29.3 Å². The highest BCUT2D eigenvalue weighted by Crippen LogP contribution is 2.54. The minimum Gasteiger partial charge on any atom is -0.462 e. The number of rotatable bonds is 2. The lowest BCUT2D eigenvalue weighted by atomic mass is 9.65. The van der Waals surface area contributed by atoms with Crippen LogP contribution >= 0.6 is 15.9 Å². The first-order valence-electron chi connectivity index (χ1n) is 8.64. The zero-order valence-corrected chi connectivity index (χ0v) is 16.1. The molecular formula is C19H17BrN2O5. The number of fused-ring (bicyclic) bond motifs is 3. The van der Waals surface area contributed by atoms with E-state index in [0.29, 0.717) is 34.3 Å². The first kappa shape index (κ1) is 17.8. The summed E-state index contributed by atoms with van der Waals surface area (Å²) in [5.41, 5.74) is 5.47. The van der Waals surface area contributed by atoms with Gasteiger partial charge in [0.25, 0.3) is 0 Å². The Morgan fingerprint density at radius 2 is 2.15 bits per heavy atom. The minimum absolute atomic E-state index is 0.0957. The van der Waals surface area contributed by atoms with Crippen LogP contribution in [0.5, 0.6) is 0 Å². The number of benzene rings is 1. The van der Waals surface area contributed by atoms with Crippen LogP contribution in [0, 0.1) is 0 Å². The summed E-state index contributed by atoms with van der Waals surface area (Å²) >= 11 is 3.41. The number of nitrogens with one attached hydrogen (secondary N) is 1. The third-order valence-electron chi connectivity index (χ3n) is 5.05. The first-order valence-corrected chi connectivity index (χ1v) is 9.44. The summed E-state index contributed by atoms with van der Waals surface area (Å²) < 4.78 is 11.5. The normalized spacial score (nSPS) is 23.8. The Morgan fingerprint density at radius 1 is 1.37 bits per heavy atom. The minimum atomic E-state index is -1.67. The van der Waals surface area contributed by atoms with Crippen LogP contribution in [0.15, 0.2) is 45.5 Å². The molecule has 2 aliphatic heterocycles. The molecule has 0 unspecified atom stereocenters. The van der Waals surface area contributed by atoms with Crippen molar-refractivity contribution < 1.29 is 23.9 Å². The fourth-order valence-corrected chi connectivity index (χ4v) is 4.42. The lowest BCUT2D eigenvalue weighted by molar-refractivity contribution is -0.141. The van der Waals surface area contributed by atoms with Crippen LogP contribution in [0.1, 0.15) is 31.7 Å². The summed E-state index contributed by atoms with van der Waals surface area (Å²) in [5, 5.41) is 2.79. The molecule has 0 radical (unpaired) electrons. The van der Waals surface area contributed by atoms with Crippen molar-refractivity contribution in [3.8, 4) is 0 Å². The van der Waals surface area contributed by atoms with Crippen molar-refractivity contribution in [2.75, 3.05) is 11.9 Å². The van der Waals surface area contributed by atoms with Crippen LogP contribution in [0.3, 0.4) is 0 Å². The van der Waals surface area contributed by atoms with E-state index in [-0.39, 0.29) is 35.8 Å². The van der Waals surface area contributed by atoms with Gasteiger partial charge in [-0.15, -0.1) is 0 Å². The van der Waals surface area contributed by atoms with Crippen LogP contribution in [0.2, 0.25) is 0 Å². The van der Waals surface area contributed by atoms with Crippen LogP contribution in [0.4, 0.5) is 5.69 Å². The van der Waals surface area contributed by atoms with Crippen molar-refractivity contribution in [2.45, 2.75) is 31.6 Å². The maximum Gasteiger partial charge on any atom is 0.341 e. The first-order chi connectivity index (χ1) is 12.9. The van der Waals surface area contributed by atoms with Gasteiger partial charge in [-0.25, -0.2) is 4.79 Å². The van der Waals surface area contributed by atoms with Gasteiger partial charge in [-0.05, 0) is 31.5 Å². The third kappa shape index (κ3) is 2.36. The number of ketones is 1. The third-order valence-corrected chi connectivity index (χ3v) is 5.54. The highest BCUT2D eigenvalue weighted by atomic mass is 79.9. The van der Waals surface area contributed by atoms with Crippen molar-refractivity contribution in [1.29, 1.82) is 0 Å². The Hall–Kier alpha value is -2.61. The van der Waals surface area contributed by atoms with Crippen LogP contribution < -0.4 is 11.1 Å². The Balaban J connectivity index is 2.08. The van der Waals surface area contributed by atoms with E-state index in [4.69, 9.17) is 15.2 Å². The summed E-state index contributed by atoms with van der Waals surface area (Å²) in [7, 11) is 0. The van der Waals surface area contributed by atoms with Crippen molar-refractivity contribution >= 4 is 39.3 Å². The molecule has 1 amide bonds. The predicted molar refractivity (Wildman–Crippen MR) is 99.3 cm³/mol. The number of Topliss-reactive ketones (excluding diaryl/α,β-unsaturated/α-hetero) is 1. The molecule has 1 aromatic rings. The fraction of sp³-hybridized carbons (Fsp3) is 0.316. The number of amides is 1. The molecule has 3 aliphatic rings. The number of allylic oxidation sites excluding steroid dienone is 1. The highest BCUT2D eigenvalue weighted by molar-refractivity contribution is 9.10. The SMILES string of the molecule is CCOC(=O)C1=C(N)OC2=C(C(=O)CCC2)[C@]12C(=O)Nc1ccc(Br)cc12. The van der Waals surface area contributed by atoms with Gasteiger partial charge in [0, 0.05) is 28.6 Å². The number of carbonyl (C=O) groups excluding carboxylic acids is 3. The number of carbonyl (C=O) groups is 3. The average molecular weight is 433 g/mol. The molecule has 0 saturated carbocycles. The molecule has 2 heterocycles. The van der Waals surface area contributed by atoms with E-state index in [1.54, 1.807) is 25.1 Å². The Kier molecular flexibility index (Phi) is 4.10. The van der Waals surface area contributed by atoms with Crippen molar-refractivity contribution in [1.82, 2.24) is 0 Å². The van der Waals surface area contributed by atoms with Gasteiger partial charge in [-0.3, -0.25) is 9.59 Å². The molecule has 1 atom stereocenters. The van der Waals surface area contributed by atoms with Gasteiger partial charge in [0.2, 0.25) is 11.8 Å². The molecule has 140 valence electrons. The van der Waals surface area contributed by atoms with E-state index in [1.165, 1.54) is 0 Å². The number of hydrogen-bond donors (Lipinski definition) is 2. The molecule has 0 aromatic heterocycles. The molecule has 4 rings (SSSR count). The topological polar surface area (TPSA) is 108 Å². The van der Waals surface area contributed by atoms with Gasteiger partial charge in [0.15, 0.2) is 5.78 Å². The standard InChI is InChI=1S/C19H17BrN2O5/c1-2-26-17(24)15-16(21)27-13-5-3-4-12(23)14(13)19(15)10-8-9(20)6-7-11(10)22-18(19)25/h6-8H,2-5,21H2,1H3,(H,22,25)/t19-/m0/s1. The number of halogens is 1. The summed E-state index contributed by atoms with van der Waals surface area (Å²) in [6.07, 6.45) is 1.34. The second kappa shape index (κ2) is 6.23. The highest BCUT2D eigenvalue weighted by Gasteiger charge is 2.61. The van der Waals surface area contributed by atoms with E-state index in [0.717, 1.165) is 0 Å². The van der Waals surface area contributed by atoms with E-state index in [1.807, 2.05) is 0 Å². The largest absolute Gasteiger partial charge is 0.462 e. The monoisotopic (exact) mass is 432 g/mol. The molecular weight excluding hydrogens is 416 g/mol. The number of nitrogens with two attached hydrogens (primary N) is 1. The Labute approximate surface area is 163 Å². The zero-order valence-electron chi connectivity index (χ0n) is 14.6. The molecule has 0 bridgehead atoms. The van der Waals surface area contributed by atoms with Gasteiger partial charge >= 0.3 is 5.97 Å². The van der Waals surface area contributed by atoms with E-state index >= 15 is 0 Å². The van der Waals surface area contributed by atoms with E-state index in [9.17, 15) is 14.4 Å². The predicted octanol–water partition coefficient (Wildman–Crippen LogP) is 2.41. The number of esters is 1. The molecule has 1 aromatic carbocycles. The van der Waals surface area contributed by atoms with E-state index in [2.05, 4.69) is 21.2 Å². The summed E-state index contributed by atoms with van der Waals surface area (Å²) in [5.74, 6) is -1.37. The molecule has 1 spiro atoms. The molecule has 7 nitrogen and oxygen atoms in total. The zero-order chi connectivity index (χ0) is 19.3. The number of hydrogen-bond acceptors (Lipinski definition) is 6. The van der Waals surface area contributed by atoms with Gasteiger partial charge in [0.05, 0.1) is 12.2 Å². The van der Waals surface area contributed by atoms with Crippen molar-refractivity contribution in [3.63, 3.8) is 0 Å². The Morgan fingerprint density at radius 3 is 2.89 bits per heavy atom. The molecule has 0 fully saturated rings. The smallest absolute Gasteiger partial charge is 0.341 e.